The van der Waals surface area contributed by atoms with Gasteiger partial charge in [0.1, 0.15) is 0 Å². The van der Waals surface area contributed by atoms with Crippen LogP contribution < -0.4 is 5.32 Å². The number of Topliss-reactive ketones (excluding diaryl/α,β-unsaturated/α-hetero) is 1. The summed E-state index contributed by atoms with van der Waals surface area (Å²) in [5.74, 6) is 0.144. The standard InChI is InChI=1S/C13H16N2O/c1-2-7-14-9-13(16)11-8-15-12-6-4-3-5-10(11)12/h3-6,8,14-15H,2,7,9H2,1H3. The summed E-state index contributed by atoms with van der Waals surface area (Å²) >= 11 is 0. The molecule has 0 unspecified atom stereocenters. The molecule has 0 saturated heterocycles. The van der Waals surface area contributed by atoms with Crippen LogP contribution in [-0.4, -0.2) is 23.9 Å². The fourth-order valence-corrected chi connectivity index (χ4v) is 1.78. The molecule has 16 heavy (non-hydrogen) atoms. The molecule has 0 spiro atoms. The Bertz CT molecular complexity index is 487. The maximum atomic E-state index is 11.9. The Hall–Kier alpha value is -1.61. The highest BCUT2D eigenvalue weighted by Gasteiger charge is 2.10. The highest BCUT2D eigenvalue weighted by Crippen LogP contribution is 2.17. The maximum Gasteiger partial charge on any atom is 0.178 e. The Labute approximate surface area is 94.9 Å². The van der Waals surface area contributed by atoms with Crippen molar-refractivity contribution >= 4 is 16.7 Å². The SMILES string of the molecule is CCCNCC(=O)c1c[nH]c2ccccc12. The third-order valence-electron chi connectivity index (χ3n) is 2.60. The molecular formula is C13H16N2O. The van der Waals surface area contributed by atoms with Gasteiger partial charge < -0.3 is 10.3 Å². The van der Waals surface area contributed by atoms with Gasteiger partial charge in [0.05, 0.1) is 6.54 Å². The molecule has 0 radical (unpaired) electrons. The summed E-state index contributed by atoms with van der Waals surface area (Å²) in [4.78, 5) is 15.0. The topological polar surface area (TPSA) is 44.9 Å². The first kappa shape index (κ1) is 10.9. The van der Waals surface area contributed by atoms with Gasteiger partial charge in [0.2, 0.25) is 0 Å². The number of para-hydroxylation sites is 1. The number of carbonyl (C=O) groups excluding carboxylic acids is 1. The van der Waals surface area contributed by atoms with E-state index >= 15 is 0 Å². The molecule has 2 N–H and O–H groups in total. The van der Waals surface area contributed by atoms with Crippen LogP contribution in [0.4, 0.5) is 0 Å². The first-order valence-corrected chi connectivity index (χ1v) is 5.63. The minimum Gasteiger partial charge on any atom is -0.360 e. The van der Waals surface area contributed by atoms with E-state index in [1.165, 1.54) is 0 Å². The molecule has 0 aliphatic rings. The van der Waals surface area contributed by atoms with Crippen molar-refractivity contribution in [1.29, 1.82) is 0 Å². The van der Waals surface area contributed by atoms with Crippen molar-refractivity contribution in [3.05, 3.63) is 36.0 Å². The number of hydrogen-bond acceptors (Lipinski definition) is 2. The highest BCUT2D eigenvalue weighted by molar-refractivity contribution is 6.08. The molecule has 0 fully saturated rings. The van der Waals surface area contributed by atoms with Crippen molar-refractivity contribution in [3.8, 4) is 0 Å². The molecule has 84 valence electrons. The molecule has 0 aliphatic carbocycles. The first-order chi connectivity index (χ1) is 7.83. The van der Waals surface area contributed by atoms with Crippen LogP contribution in [0, 0.1) is 0 Å². The third-order valence-corrected chi connectivity index (χ3v) is 2.60. The molecular weight excluding hydrogens is 200 g/mol. The molecule has 0 aliphatic heterocycles. The molecule has 0 amide bonds. The Morgan fingerprint density at radius 1 is 1.38 bits per heavy atom. The predicted molar refractivity (Wildman–Crippen MR) is 65.8 cm³/mol. The molecule has 1 aromatic carbocycles. The molecule has 0 bridgehead atoms. The fraction of sp³-hybridized carbons (Fsp3) is 0.308. The molecule has 2 rings (SSSR count). The summed E-state index contributed by atoms with van der Waals surface area (Å²) in [5.41, 5.74) is 1.79. The average Bonchev–Trinajstić information content (AvgIpc) is 2.73. The lowest BCUT2D eigenvalue weighted by atomic mass is 10.1. The summed E-state index contributed by atoms with van der Waals surface area (Å²) in [5, 5.41) is 4.13. The zero-order valence-corrected chi connectivity index (χ0v) is 9.42. The van der Waals surface area contributed by atoms with E-state index < -0.39 is 0 Å². The lowest BCUT2D eigenvalue weighted by Gasteiger charge is -2.01. The van der Waals surface area contributed by atoms with Gasteiger partial charge in [-0.15, -0.1) is 0 Å². The van der Waals surface area contributed by atoms with E-state index in [9.17, 15) is 4.79 Å². The summed E-state index contributed by atoms with van der Waals surface area (Å²) < 4.78 is 0. The van der Waals surface area contributed by atoms with Gasteiger partial charge >= 0.3 is 0 Å². The Balaban J connectivity index is 2.17. The molecule has 0 atom stereocenters. The summed E-state index contributed by atoms with van der Waals surface area (Å²) in [6.07, 6.45) is 2.84. The van der Waals surface area contributed by atoms with Crippen molar-refractivity contribution in [1.82, 2.24) is 10.3 Å². The molecule has 1 heterocycles. The van der Waals surface area contributed by atoms with Crippen LogP contribution in [0.25, 0.3) is 10.9 Å². The first-order valence-electron chi connectivity index (χ1n) is 5.63. The van der Waals surface area contributed by atoms with E-state index in [0.717, 1.165) is 29.4 Å². The number of fused-ring (bicyclic) bond motifs is 1. The summed E-state index contributed by atoms with van der Waals surface area (Å²) in [7, 11) is 0. The van der Waals surface area contributed by atoms with Crippen LogP contribution in [0.2, 0.25) is 0 Å². The highest BCUT2D eigenvalue weighted by atomic mass is 16.1. The van der Waals surface area contributed by atoms with E-state index in [1.54, 1.807) is 6.20 Å². The summed E-state index contributed by atoms with van der Waals surface area (Å²) in [6, 6.07) is 7.86. The van der Waals surface area contributed by atoms with Gasteiger partial charge in [-0.2, -0.15) is 0 Å². The predicted octanol–water partition coefficient (Wildman–Crippen LogP) is 2.35. The second-order valence-electron chi connectivity index (χ2n) is 3.85. The average molecular weight is 216 g/mol. The number of H-pyrrole nitrogens is 1. The second kappa shape index (κ2) is 4.94. The van der Waals surface area contributed by atoms with Crippen LogP contribution >= 0.6 is 0 Å². The van der Waals surface area contributed by atoms with Crippen LogP contribution in [0.5, 0.6) is 0 Å². The second-order valence-corrected chi connectivity index (χ2v) is 3.85. The van der Waals surface area contributed by atoms with Gasteiger partial charge in [-0.1, -0.05) is 25.1 Å². The van der Waals surface area contributed by atoms with Crippen molar-refractivity contribution in [2.75, 3.05) is 13.1 Å². The van der Waals surface area contributed by atoms with Gasteiger partial charge in [0.25, 0.3) is 0 Å². The van der Waals surface area contributed by atoms with Gasteiger partial charge in [-0.05, 0) is 19.0 Å². The molecule has 0 saturated carbocycles. The van der Waals surface area contributed by atoms with Crippen LogP contribution in [0.15, 0.2) is 30.5 Å². The maximum absolute atomic E-state index is 11.9. The van der Waals surface area contributed by atoms with Crippen molar-refractivity contribution in [2.45, 2.75) is 13.3 Å². The lowest BCUT2D eigenvalue weighted by Crippen LogP contribution is -2.23. The Morgan fingerprint density at radius 3 is 3.00 bits per heavy atom. The van der Waals surface area contributed by atoms with E-state index in [4.69, 9.17) is 0 Å². The van der Waals surface area contributed by atoms with Crippen LogP contribution in [0.3, 0.4) is 0 Å². The van der Waals surface area contributed by atoms with E-state index in [0.29, 0.717) is 6.54 Å². The lowest BCUT2D eigenvalue weighted by molar-refractivity contribution is 0.0993. The molecule has 2 aromatic rings. The number of hydrogen-bond donors (Lipinski definition) is 2. The zero-order chi connectivity index (χ0) is 11.4. The number of ketones is 1. The number of benzene rings is 1. The van der Waals surface area contributed by atoms with E-state index in [1.807, 2.05) is 24.3 Å². The largest absolute Gasteiger partial charge is 0.360 e. The Kier molecular flexibility index (Phi) is 3.37. The van der Waals surface area contributed by atoms with Gasteiger partial charge in [-0.3, -0.25) is 4.79 Å². The minimum absolute atomic E-state index is 0.144. The minimum atomic E-state index is 0.144. The zero-order valence-electron chi connectivity index (χ0n) is 9.42. The molecule has 1 aromatic heterocycles. The van der Waals surface area contributed by atoms with Crippen LogP contribution in [-0.2, 0) is 0 Å². The fourth-order valence-electron chi connectivity index (χ4n) is 1.78. The van der Waals surface area contributed by atoms with E-state index in [-0.39, 0.29) is 5.78 Å². The Morgan fingerprint density at radius 2 is 2.19 bits per heavy atom. The normalized spacial score (nSPS) is 10.8. The smallest absolute Gasteiger partial charge is 0.178 e. The number of nitrogens with one attached hydrogen (secondary N) is 2. The number of aromatic amines is 1. The molecule has 3 nitrogen and oxygen atoms in total. The molecule has 3 heteroatoms. The van der Waals surface area contributed by atoms with Gasteiger partial charge in [-0.25, -0.2) is 0 Å². The number of carbonyl (C=O) groups is 1. The third kappa shape index (κ3) is 2.14. The quantitative estimate of drug-likeness (QED) is 0.595. The number of aromatic nitrogens is 1. The summed E-state index contributed by atoms with van der Waals surface area (Å²) in [6.45, 7) is 3.38. The number of rotatable bonds is 5. The van der Waals surface area contributed by atoms with Crippen molar-refractivity contribution < 1.29 is 4.79 Å². The van der Waals surface area contributed by atoms with Crippen molar-refractivity contribution in [2.24, 2.45) is 0 Å². The van der Waals surface area contributed by atoms with Crippen LogP contribution in [0.1, 0.15) is 23.7 Å². The van der Waals surface area contributed by atoms with E-state index in [2.05, 4.69) is 17.2 Å². The monoisotopic (exact) mass is 216 g/mol. The van der Waals surface area contributed by atoms with Gasteiger partial charge in [0.15, 0.2) is 5.78 Å². The van der Waals surface area contributed by atoms with Crippen molar-refractivity contribution in [3.63, 3.8) is 0 Å². The van der Waals surface area contributed by atoms with Gasteiger partial charge in [0, 0.05) is 22.7 Å².